The standard InChI is InChI=1S/C16H12FNOS/c17-13-4-1-11(2-5-13)7-14(19)8-12-3-6-15-16(9-12)20-10-18-15/h1-6,9-10H,7-8H2. The normalized spacial score (nSPS) is 10.8. The highest BCUT2D eigenvalue weighted by molar-refractivity contribution is 7.16. The van der Waals surface area contributed by atoms with Gasteiger partial charge in [-0.15, -0.1) is 11.3 Å². The van der Waals surface area contributed by atoms with Crippen LogP contribution in [0.2, 0.25) is 0 Å². The molecule has 1 heterocycles. The van der Waals surface area contributed by atoms with E-state index in [1.165, 1.54) is 12.1 Å². The molecule has 0 spiro atoms. The molecule has 0 unspecified atom stereocenters. The third-order valence-electron chi connectivity index (χ3n) is 3.11. The van der Waals surface area contributed by atoms with Crippen molar-refractivity contribution < 1.29 is 9.18 Å². The Morgan fingerprint density at radius 2 is 1.75 bits per heavy atom. The van der Waals surface area contributed by atoms with Crippen molar-refractivity contribution in [1.29, 1.82) is 0 Å². The lowest BCUT2D eigenvalue weighted by Gasteiger charge is -2.02. The molecule has 4 heteroatoms. The summed E-state index contributed by atoms with van der Waals surface area (Å²) in [5.74, 6) is -0.155. The lowest BCUT2D eigenvalue weighted by atomic mass is 10.0. The second-order valence-corrected chi connectivity index (χ2v) is 5.56. The first-order valence-electron chi connectivity index (χ1n) is 6.29. The third kappa shape index (κ3) is 2.91. The number of hydrogen-bond acceptors (Lipinski definition) is 3. The van der Waals surface area contributed by atoms with Gasteiger partial charge in [-0.25, -0.2) is 9.37 Å². The number of halogens is 1. The fourth-order valence-corrected chi connectivity index (χ4v) is 2.87. The first kappa shape index (κ1) is 12.9. The first-order chi connectivity index (χ1) is 9.70. The van der Waals surface area contributed by atoms with Crippen LogP contribution in [0.25, 0.3) is 10.2 Å². The van der Waals surface area contributed by atoms with Crippen molar-refractivity contribution in [2.24, 2.45) is 0 Å². The molecule has 2 nitrogen and oxygen atoms in total. The van der Waals surface area contributed by atoms with Gasteiger partial charge in [0, 0.05) is 12.8 Å². The Kier molecular flexibility index (Phi) is 3.56. The number of rotatable bonds is 4. The van der Waals surface area contributed by atoms with Gasteiger partial charge in [0.05, 0.1) is 15.7 Å². The van der Waals surface area contributed by atoms with Gasteiger partial charge in [-0.05, 0) is 35.4 Å². The second kappa shape index (κ2) is 5.51. The molecule has 100 valence electrons. The van der Waals surface area contributed by atoms with Crippen LogP contribution < -0.4 is 0 Å². The SMILES string of the molecule is O=C(Cc1ccc(F)cc1)Cc1ccc2ncsc2c1. The fraction of sp³-hybridized carbons (Fsp3) is 0.125. The van der Waals surface area contributed by atoms with E-state index in [9.17, 15) is 9.18 Å². The van der Waals surface area contributed by atoms with Gasteiger partial charge in [0.1, 0.15) is 11.6 Å². The Bertz CT molecular complexity index is 749. The number of hydrogen-bond donors (Lipinski definition) is 0. The van der Waals surface area contributed by atoms with Crippen LogP contribution in [0, 0.1) is 5.82 Å². The van der Waals surface area contributed by atoms with Gasteiger partial charge in [-0.2, -0.15) is 0 Å². The second-order valence-electron chi connectivity index (χ2n) is 4.67. The smallest absolute Gasteiger partial charge is 0.141 e. The molecule has 20 heavy (non-hydrogen) atoms. The Labute approximate surface area is 119 Å². The number of aromatic nitrogens is 1. The van der Waals surface area contributed by atoms with E-state index in [0.717, 1.165) is 21.3 Å². The molecule has 0 fully saturated rings. The summed E-state index contributed by atoms with van der Waals surface area (Å²) in [5.41, 5.74) is 4.60. The van der Waals surface area contributed by atoms with Crippen LogP contribution in [0.1, 0.15) is 11.1 Å². The zero-order valence-corrected chi connectivity index (χ0v) is 11.5. The van der Waals surface area contributed by atoms with Gasteiger partial charge in [0.15, 0.2) is 0 Å². The number of nitrogens with zero attached hydrogens (tertiary/aromatic N) is 1. The molecule has 3 rings (SSSR count). The number of ketones is 1. The predicted octanol–water partition coefficient (Wildman–Crippen LogP) is 3.79. The number of carbonyl (C=O) groups is 1. The topological polar surface area (TPSA) is 30.0 Å². The molecule has 0 aliphatic rings. The quantitative estimate of drug-likeness (QED) is 0.730. The monoisotopic (exact) mass is 285 g/mol. The summed E-state index contributed by atoms with van der Waals surface area (Å²) in [5, 5.41) is 0. The highest BCUT2D eigenvalue weighted by Crippen LogP contribution is 2.19. The molecule has 0 bridgehead atoms. The van der Waals surface area contributed by atoms with Crippen molar-refractivity contribution in [2.75, 3.05) is 0 Å². The summed E-state index contributed by atoms with van der Waals surface area (Å²) in [6, 6.07) is 11.9. The number of thiazole rings is 1. The van der Waals surface area contributed by atoms with Crippen LogP contribution >= 0.6 is 11.3 Å². The van der Waals surface area contributed by atoms with E-state index in [1.54, 1.807) is 29.0 Å². The number of fused-ring (bicyclic) bond motifs is 1. The van der Waals surface area contributed by atoms with E-state index < -0.39 is 0 Å². The van der Waals surface area contributed by atoms with Crippen molar-refractivity contribution in [3.63, 3.8) is 0 Å². The van der Waals surface area contributed by atoms with Crippen molar-refractivity contribution in [3.05, 3.63) is 64.9 Å². The molecular formula is C16H12FNOS. The van der Waals surface area contributed by atoms with Gasteiger partial charge in [0.2, 0.25) is 0 Å². The van der Waals surface area contributed by atoms with Crippen LogP contribution in [0.3, 0.4) is 0 Å². The van der Waals surface area contributed by atoms with Crippen LogP contribution in [-0.2, 0) is 17.6 Å². The van der Waals surface area contributed by atoms with Gasteiger partial charge >= 0.3 is 0 Å². The lowest BCUT2D eigenvalue weighted by molar-refractivity contribution is -0.117. The van der Waals surface area contributed by atoms with Gasteiger partial charge in [-0.1, -0.05) is 18.2 Å². The van der Waals surface area contributed by atoms with E-state index >= 15 is 0 Å². The van der Waals surface area contributed by atoms with Crippen LogP contribution in [0.4, 0.5) is 4.39 Å². The number of benzene rings is 2. The van der Waals surface area contributed by atoms with Gasteiger partial charge in [0.25, 0.3) is 0 Å². The number of carbonyl (C=O) groups excluding carboxylic acids is 1. The van der Waals surface area contributed by atoms with E-state index in [4.69, 9.17) is 0 Å². The van der Waals surface area contributed by atoms with E-state index in [1.807, 2.05) is 18.2 Å². The molecule has 0 atom stereocenters. The van der Waals surface area contributed by atoms with Gasteiger partial charge in [-0.3, -0.25) is 4.79 Å². The average molecular weight is 285 g/mol. The molecule has 0 N–H and O–H groups in total. The largest absolute Gasteiger partial charge is 0.299 e. The molecule has 0 saturated heterocycles. The molecule has 0 radical (unpaired) electrons. The maximum Gasteiger partial charge on any atom is 0.141 e. The average Bonchev–Trinajstić information content (AvgIpc) is 2.89. The van der Waals surface area contributed by atoms with Crippen molar-refractivity contribution in [2.45, 2.75) is 12.8 Å². The van der Waals surface area contributed by atoms with E-state index in [-0.39, 0.29) is 11.6 Å². The van der Waals surface area contributed by atoms with Crippen LogP contribution in [-0.4, -0.2) is 10.8 Å². The van der Waals surface area contributed by atoms with Crippen molar-refractivity contribution >= 4 is 27.3 Å². The summed E-state index contributed by atoms with van der Waals surface area (Å²) >= 11 is 1.57. The Hall–Kier alpha value is -2.07. The maximum atomic E-state index is 12.8. The minimum absolute atomic E-state index is 0.125. The minimum Gasteiger partial charge on any atom is -0.299 e. The van der Waals surface area contributed by atoms with Crippen LogP contribution in [0.15, 0.2) is 48.0 Å². The zero-order chi connectivity index (χ0) is 13.9. The van der Waals surface area contributed by atoms with Crippen molar-refractivity contribution in [3.8, 4) is 0 Å². The molecule has 2 aromatic carbocycles. The first-order valence-corrected chi connectivity index (χ1v) is 7.17. The summed E-state index contributed by atoms with van der Waals surface area (Å²) < 4.78 is 13.9. The molecule has 1 aromatic heterocycles. The summed E-state index contributed by atoms with van der Waals surface area (Å²) in [7, 11) is 0. The molecule has 0 amide bonds. The highest BCUT2D eigenvalue weighted by Gasteiger charge is 2.07. The fourth-order valence-electron chi connectivity index (χ4n) is 2.13. The Morgan fingerprint density at radius 1 is 1.05 bits per heavy atom. The maximum absolute atomic E-state index is 12.8. The van der Waals surface area contributed by atoms with E-state index in [2.05, 4.69) is 4.98 Å². The van der Waals surface area contributed by atoms with Crippen LogP contribution in [0.5, 0.6) is 0 Å². The molecule has 0 saturated carbocycles. The molecule has 0 aliphatic heterocycles. The lowest BCUT2D eigenvalue weighted by Crippen LogP contribution is -2.06. The Morgan fingerprint density at radius 3 is 2.55 bits per heavy atom. The minimum atomic E-state index is -0.281. The zero-order valence-electron chi connectivity index (χ0n) is 10.7. The summed E-state index contributed by atoms with van der Waals surface area (Å²) in [4.78, 5) is 16.2. The van der Waals surface area contributed by atoms with Gasteiger partial charge < -0.3 is 0 Å². The predicted molar refractivity (Wildman–Crippen MR) is 78.4 cm³/mol. The molecule has 3 aromatic rings. The third-order valence-corrected chi connectivity index (χ3v) is 3.90. The van der Waals surface area contributed by atoms with E-state index in [0.29, 0.717) is 12.8 Å². The molecular weight excluding hydrogens is 273 g/mol. The Balaban J connectivity index is 1.70. The summed E-state index contributed by atoms with van der Waals surface area (Å²) in [6.45, 7) is 0. The highest BCUT2D eigenvalue weighted by atomic mass is 32.1. The number of Topliss-reactive ketones (excluding diaryl/α,β-unsaturated/α-hetero) is 1. The molecule has 0 aliphatic carbocycles. The summed E-state index contributed by atoms with van der Waals surface area (Å²) in [6.07, 6.45) is 0.728. The van der Waals surface area contributed by atoms with Crippen molar-refractivity contribution in [1.82, 2.24) is 4.98 Å².